The van der Waals surface area contributed by atoms with Gasteiger partial charge in [0.15, 0.2) is 11.5 Å². The van der Waals surface area contributed by atoms with E-state index in [1.165, 1.54) is 12.8 Å². The van der Waals surface area contributed by atoms with Crippen molar-refractivity contribution in [1.29, 1.82) is 0 Å². The minimum absolute atomic E-state index is 0.572. The number of anilines is 2. The number of methoxy groups -OCH3 is 2. The summed E-state index contributed by atoms with van der Waals surface area (Å²) in [6.45, 7) is 2.55. The fourth-order valence-electron chi connectivity index (χ4n) is 2.35. The predicted octanol–water partition coefficient (Wildman–Crippen LogP) is 2.99. The summed E-state index contributed by atoms with van der Waals surface area (Å²) < 4.78 is 10.6. The molecule has 1 aliphatic carbocycles. The molecule has 0 aliphatic heterocycles. The Balaban J connectivity index is 1.68. The molecule has 3 rings (SSSR count). The van der Waals surface area contributed by atoms with Crippen LogP contribution in [0.25, 0.3) is 0 Å². The SMILES string of the molecule is COc1ccc(CNc2cc(NC3CC3)nc(C)n2)cc1OC. The number of benzene rings is 1. The number of nitrogens with zero attached hydrogens (tertiary/aromatic N) is 2. The van der Waals surface area contributed by atoms with E-state index >= 15 is 0 Å². The Morgan fingerprint density at radius 3 is 2.48 bits per heavy atom. The lowest BCUT2D eigenvalue weighted by molar-refractivity contribution is 0.354. The first-order valence-electron chi connectivity index (χ1n) is 7.75. The lowest BCUT2D eigenvalue weighted by Gasteiger charge is -2.12. The van der Waals surface area contributed by atoms with Crippen LogP contribution in [0.1, 0.15) is 24.2 Å². The van der Waals surface area contributed by atoms with Crippen LogP contribution in [-0.4, -0.2) is 30.2 Å². The van der Waals surface area contributed by atoms with Gasteiger partial charge in [0, 0.05) is 18.7 Å². The second-order valence-electron chi connectivity index (χ2n) is 5.65. The second-order valence-corrected chi connectivity index (χ2v) is 5.65. The molecule has 1 heterocycles. The van der Waals surface area contributed by atoms with Crippen molar-refractivity contribution >= 4 is 11.6 Å². The van der Waals surface area contributed by atoms with E-state index in [1.807, 2.05) is 31.2 Å². The van der Waals surface area contributed by atoms with Gasteiger partial charge in [-0.1, -0.05) is 6.07 Å². The van der Waals surface area contributed by atoms with E-state index in [-0.39, 0.29) is 0 Å². The van der Waals surface area contributed by atoms with Crippen LogP contribution in [0.4, 0.5) is 11.6 Å². The zero-order valence-electron chi connectivity index (χ0n) is 13.7. The minimum Gasteiger partial charge on any atom is -0.493 e. The van der Waals surface area contributed by atoms with Gasteiger partial charge >= 0.3 is 0 Å². The molecule has 0 amide bonds. The largest absolute Gasteiger partial charge is 0.493 e. The summed E-state index contributed by atoms with van der Waals surface area (Å²) >= 11 is 0. The molecular formula is C17H22N4O2. The van der Waals surface area contributed by atoms with Gasteiger partial charge in [0.25, 0.3) is 0 Å². The summed E-state index contributed by atoms with van der Waals surface area (Å²) in [4.78, 5) is 8.86. The maximum Gasteiger partial charge on any atom is 0.161 e. The van der Waals surface area contributed by atoms with Crippen LogP contribution in [0.5, 0.6) is 11.5 Å². The standard InChI is InChI=1S/C17H22N4O2/c1-11-19-16(9-17(20-11)21-13-5-6-13)18-10-12-4-7-14(22-2)15(8-12)23-3/h4,7-9,13H,5-6,10H2,1-3H3,(H2,18,19,20,21). The Morgan fingerprint density at radius 2 is 1.78 bits per heavy atom. The average molecular weight is 314 g/mol. The van der Waals surface area contributed by atoms with Crippen molar-refractivity contribution in [1.82, 2.24) is 9.97 Å². The van der Waals surface area contributed by atoms with Crippen LogP contribution in [0, 0.1) is 6.92 Å². The van der Waals surface area contributed by atoms with Gasteiger partial charge in [-0.2, -0.15) is 0 Å². The molecule has 122 valence electrons. The minimum atomic E-state index is 0.572. The molecule has 2 aromatic rings. The van der Waals surface area contributed by atoms with Crippen LogP contribution < -0.4 is 20.1 Å². The fraction of sp³-hybridized carbons (Fsp3) is 0.412. The third-order valence-electron chi connectivity index (χ3n) is 3.69. The molecule has 1 aliphatic rings. The summed E-state index contributed by atoms with van der Waals surface area (Å²) in [5.74, 6) is 3.91. The van der Waals surface area contributed by atoms with Gasteiger partial charge in [-0.15, -0.1) is 0 Å². The number of rotatable bonds is 7. The summed E-state index contributed by atoms with van der Waals surface area (Å²) in [7, 11) is 3.27. The van der Waals surface area contributed by atoms with Crippen molar-refractivity contribution in [3.05, 3.63) is 35.7 Å². The van der Waals surface area contributed by atoms with Gasteiger partial charge in [0.05, 0.1) is 14.2 Å². The van der Waals surface area contributed by atoms with E-state index in [0.29, 0.717) is 12.6 Å². The number of aromatic nitrogens is 2. The molecule has 0 radical (unpaired) electrons. The van der Waals surface area contributed by atoms with Crippen LogP contribution in [0.15, 0.2) is 24.3 Å². The maximum atomic E-state index is 5.33. The highest BCUT2D eigenvalue weighted by molar-refractivity contribution is 5.50. The highest BCUT2D eigenvalue weighted by atomic mass is 16.5. The van der Waals surface area contributed by atoms with E-state index in [9.17, 15) is 0 Å². The third-order valence-corrected chi connectivity index (χ3v) is 3.69. The molecule has 0 bridgehead atoms. The molecule has 0 saturated heterocycles. The lowest BCUT2D eigenvalue weighted by atomic mass is 10.2. The first kappa shape index (κ1) is 15.4. The molecule has 1 aromatic heterocycles. The van der Waals surface area contributed by atoms with Crippen molar-refractivity contribution in [2.75, 3.05) is 24.9 Å². The summed E-state index contributed by atoms with van der Waals surface area (Å²) in [5, 5.41) is 6.74. The molecule has 23 heavy (non-hydrogen) atoms. The zero-order chi connectivity index (χ0) is 16.2. The highest BCUT2D eigenvalue weighted by Crippen LogP contribution is 2.28. The van der Waals surface area contributed by atoms with Crippen molar-refractivity contribution < 1.29 is 9.47 Å². The summed E-state index contributed by atoms with van der Waals surface area (Å²) in [6.07, 6.45) is 2.44. The number of aryl methyl sites for hydroxylation is 1. The van der Waals surface area contributed by atoms with Gasteiger partial charge < -0.3 is 20.1 Å². The third kappa shape index (κ3) is 4.03. The Bertz CT molecular complexity index is 686. The quantitative estimate of drug-likeness (QED) is 0.819. The maximum absolute atomic E-state index is 5.33. The topological polar surface area (TPSA) is 68.3 Å². The van der Waals surface area contributed by atoms with Crippen molar-refractivity contribution in [2.24, 2.45) is 0 Å². The van der Waals surface area contributed by atoms with Crippen molar-refractivity contribution in [3.8, 4) is 11.5 Å². The van der Waals surface area contributed by atoms with Crippen molar-refractivity contribution in [2.45, 2.75) is 32.4 Å². The Labute approximate surface area is 136 Å². The number of nitrogens with one attached hydrogen (secondary N) is 2. The Morgan fingerprint density at radius 1 is 1.04 bits per heavy atom. The van der Waals surface area contributed by atoms with E-state index < -0.39 is 0 Å². The monoisotopic (exact) mass is 314 g/mol. The molecule has 6 heteroatoms. The molecule has 6 nitrogen and oxygen atoms in total. The number of hydrogen-bond acceptors (Lipinski definition) is 6. The molecule has 1 fully saturated rings. The second kappa shape index (κ2) is 6.73. The Kier molecular flexibility index (Phi) is 4.50. The summed E-state index contributed by atoms with van der Waals surface area (Å²) in [5.41, 5.74) is 1.09. The fourth-order valence-corrected chi connectivity index (χ4v) is 2.35. The van der Waals surface area contributed by atoms with Crippen LogP contribution in [-0.2, 0) is 6.54 Å². The van der Waals surface area contributed by atoms with Gasteiger partial charge in [0.2, 0.25) is 0 Å². The van der Waals surface area contributed by atoms with Crippen LogP contribution >= 0.6 is 0 Å². The smallest absolute Gasteiger partial charge is 0.161 e. The first-order chi connectivity index (χ1) is 11.2. The molecule has 0 atom stereocenters. The normalized spacial score (nSPS) is 13.5. The molecule has 2 N–H and O–H groups in total. The van der Waals surface area contributed by atoms with Gasteiger partial charge in [-0.3, -0.25) is 0 Å². The van der Waals surface area contributed by atoms with E-state index in [0.717, 1.165) is 34.5 Å². The lowest BCUT2D eigenvalue weighted by Crippen LogP contribution is -2.08. The Hall–Kier alpha value is -2.50. The highest BCUT2D eigenvalue weighted by Gasteiger charge is 2.21. The molecular weight excluding hydrogens is 292 g/mol. The van der Waals surface area contributed by atoms with E-state index in [2.05, 4.69) is 20.6 Å². The number of hydrogen-bond donors (Lipinski definition) is 2. The molecule has 1 saturated carbocycles. The van der Waals surface area contributed by atoms with Gasteiger partial charge in [-0.25, -0.2) is 9.97 Å². The molecule has 0 spiro atoms. The van der Waals surface area contributed by atoms with Crippen LogP contribution in [0.2, 0.25) is 0 Å². The first-order valence-corrected chi connectivity index (χ1v) is 7.75. The summed E-state index contributed by atoms with van der Waals surface area (Å²) in [6, 6.07) is 8.39. The van der Waals surface area contributed by atoms with Gasteiger partial charge in [-0.05, 0) is 37.5 Å². The average Bonchev–Trinajstić information content (AvgIpc) is 3.36. The predicted molar refractivity (Wildman–Crippen MR) is 90.3 cm³/mol. The van der Waals surface area contributed by atoms with Gasteiger partial charge in [0.1, 0.15) is 17.5 Å². The zero-order valence-corrected chi connectivity index (χ0v) is 13.7. The molecule has 0 unspecified atom stereocenters. The van der Waals surface area contributed by atoms with E-state index in [1.54, 1.807) is 14.2 Å². The molecule has 1 aromatic carbocycles. The van der Waals surface area contributed by atoms with Crippen LogP contribution in [0.3, 0.4) is 0 Å². The van der Waals surface area contributed by atoms with Crippen molar-refractivity contribution in [3.63, 3.8) is 0 Å². The van der Waals surface area contributed by atoms with E-state index in [4.69, 9.17) is 9.47 Å². The number of ether oxygens (including phenoxy) is 2.